The molecule has 3 nitrogen and oxygen atoms in total. The standard InChI is InChI=1S/C22H15Br2FN2O/c23-15-10-17-20-12-19(13-4-2-1-3-5-13)26-27(20)22(28-21(17)18(24)11-15)14-6-8-16(25)9-7-14/h1-11,20,22H,12H2/t20-,22+/m1/s1. The molecule has 28 heavy (non-hydrogen) atoms. The highest BCUT2D eigenvalue weighted by Gasteiger charge is 2.41. The summed E-state index contributed by atoms with van der Waals surface area (Å²) in [5.74, 6) is 0.541. The Hall–Kier alpha value is -2.18. The summed E-state index contributed by atoms with van der Waals surface area (Å²) in [6.45, 7) is 0. The number of halogens is 3. The average molecular weight is 502 g/mol. The predicted molar refractivity (Wildman–Crippen MR) is 114 cm³/mol. The van der Waals surface area contributed by atoms with Crippen LogP contribution in [0, 0.1) is 5.82 Å². The van der Waals surface area contributed by atoms with Crippen LogP contribution in [0.1, 0.15) is 35.4 Å². The lowest BCUT2D eigenvalue weighted by molar-refractivity contribution is -0.0197. The zero-order valence-corrected chi connectivity index (χ0v) is 17.8. The average Bonchev–Trinajstić information content (AvgIpc) is 3.15. The van der Waals surface area contributed by atoms with Crippen molar-refractivity contribution >= 4 is 37.6 Å². The van der Waals surface area contributed by atoms with Gasteiger partial charge >= 0.3 is 0 Å². The molecule has 0 unspecified atom stereocenters. The molecule has 2 heterocycles. The SMILES string of the molecule is Fc1ccc([C@@H]2Oc3c(Br)cc(Br)cc3[C@H]3CC(c4ccccc4)=NN32)cc1. The highest BCUT2D eigenvalue weighted by molar-refractivity contribution is 9.11. The second-order valence-corrected chi connectivity index (χ2v) is 8.61. The van der Waals surface area contributed by atoms with Crippen molar-refractivity contribution in [1.82, 2.24) is 5.01 Å². The largest absolute Gasteiger partial charge is 0.463 e. The predicted octanol–water partition coefficient (Wildman–Crippen LogP) is 6.59. The summed E-state index contributed by atoms with van der Waals surface area (Å²) in [7, 11) is 0. The monoisotopic (exact) mass is 500 g/mol. The Morgan fingerprint density at radius 2 is 1.75 bits per heavy atom. The van der Waals surface area contributed by atoms with Gasteiger partial charge in [0.05, 0.1) is 16.2 Å². The van der Waals surface area contributed by atoms with Crippen LogP contribution in [0.15, 0.2) is 80.8 Å². The summed E-state index contributed by atoms with van der Waals surface area (Å²) in [6, 6.07) is 20.7. The van der Waals surface area contributed by atoms with E-state index in [2.05, 4.69) is 50.1 Å². The van der Waals surface area contributed by atoms with E-state index in [0.717, 1.165) is 43.5 Å². The normalized spacial score (nSPS) is 20.2. The third-order valence-corrected chi connectivity index (χ3v) is 6.12. The summed E-state index contributed by atoms with van der Waals surface area (Å²) >= 11 is 7.21. The van der Waals surface area contributed by atoms with Crippen molar-refractivity contribution in [2.75, 3.05) is 0 Å². The zero-order chi connectivity index (χ0) is 19.3. The molecular weight excluding hydrogens is 487 g/mol. The molecule has 2 aliphatic heterocycles. The molecule has 140 valence electrons. The maximum atomic E-state index is 13.5. The molecule has 5 rings (SSSR count). The van der Waals surface area contributed by atoms with Crippen molar-refractivity contribution in [1.29, 1.82) is 0 Å². The van der Waals surface area contributed by atoms with E-state index < -0.39 is 6.23 Å². The van der Waals surface area contributed by atoms with Gasteiger partial charge in [-0.3, -0.25) is 0 Å². The van der Waals surface area contributed by atoms with E-state index in [1.165, 1.54) is 12.1 Å². The molecule has 0 N–H and O–H groups in total. The van der Waals surface area contributed by atoms with Crippen molar-refractivity contribution in [2.45, 2.75) is 18.7 Å². The summed E-state index contributed by atoms with van der Waals surface area (Å²) in [6.07, 6.45) is 0.359. The Morgan fingerprint density at radius 1 is 1.00 bits per heavy atom. The Kier molecular flexibility index (Phi) is 4.48. The Morgan fingerprint density at radius 3 is 2.50 bits per heavy atom. The molecule has 0 radical (unpaired) electrons. The van der Waals surface area contributed by atoms with Crippen LogP contribution in [0.3, 0.4) is 0 Å². The maximum absolute atomic E-state index is 13.5. The molecule has 0 aromatic heterocycles. The van der Waals surface area contributed by atoms with E-state index in [1.54, 1.807) is 12.1 Å². The minimum atomic E-state index is -0.420. The fourth-order valence-electron chi connectivity index (χ4n) is 3.77. The van der Waals surface area contributed by atoms with Gasteiger partial charge in [-0.05, 0) is 45.8 Å². The van der Waals surface area contributed by atoms with E-state index in [1.807, 2.05) is 29.3 Å². The van der Waals surface area contributed by atoms with Crippen LogP contribution in [-0.2, 0) is 0 Å². The Bertz CT molecular complexity index is 1070. The van der Waals surface area contributed by atoms with Crippen LogP contribution < -0.4 is 4.74 Å². The molecule has 2 atom stereocenters. The molecule has 0 bridgehead atoms. The van der Waals surface area contributed by atoms with Gasteiger partial charge in [-0.15, -0.1) is 0 Å². The molecule has 3 aromatic rings. The van der Waals surface area contributed by atoms with Crippen LogP contribution in [0.25, 0.3) is 0 Å². The number of nitrogens with zero attached hydrogens (tertiary/aromatic N) is 2. The van der Waals surface area contributed by atoms with Gasteiger partial charge in [0.1, 0.15) is 11.6 Å². The van der Waals surface area contributed by atoms with Gasteiger partial charge in [-0.2, -0.15) is 5.10 Å². The van der Waals surface area contributed by atoms with Crippen LogP contribution in [-0.4, -0.2) is 10.7 Å². The number of benzene rings is 3. The van der Waals surface area contributed by atoms with Crippen molar-refractivity contribution in [2.24, 2.45) is 5.10 Å². The highest BCUT2D eigenvalue weighted by Crippen LogP contribution is 2.50. The van der Waals surface area contributed by atoms with Crippen LogP contribution in [0.2, 0.25) is 0 Å². The third-order valence-electron chi connectivity index (χ3n) is 5.07. The summed E-state index contributed by atoms with van der Waals surface area (Å²) in [4.78, 5) is 0. The van der Waals surface area contributed by atoms with E-state index in [0.29, 0.717) is 0 Å². The number of hydrogen-bond acceptors (Lipinski definition) is 3. The first-order valence-electron chi connectivity index (χ1n) is 8.92. The summed E-state index contributed by atoms with van der Waals surface area (Å²) in [5, 5.41) is 6.92. The molecule has 3 aromatic carbocycles. The molecule has 0 saturated carbocycles. The van der Waals surface area contributed by atoms with Crippen molar-refractivity contribution in [3.8, 4) is 5.75 Å². The van der Waals surface area contributed by atoms with E-state index in [-0.39, 0.29) is 11.9 Å². The second-order valence-electron chi connectivity index (χ2n) is 6.84. The minimum absolute atomic E-state index is 0.0443. The lowest BCUT2D eigenvalue weighted by Crippen LogP contribution is -2.33. The molecule has 0 saturated heterocycles. The van der Waals surface area contributed by atoms with Gasteiger partial charge in [0.2, 0.25) is 6.23 Å². The fraction of sp³-hybridized carbons (Fsp3) is 0.136. The first kappa shape index (κ1) is 17.9. The van der Waals surface area contributed by atoms with Gasteiger partial charge in [0, 0.05) is 22.0 Å². The lowest BCUT2D eigenvalue weighted by Gasteiger charge is -2.38. The molecule has 2 aliphatic rings. The van der Waals surface area contributed by atoms with E-state index in [9.17, 15) is 4.39 Å². The summed E-state index contributed by atoms with van der Waals surface area (Å²) < 4.78 is 21.7. The smallest absolute Gasteiger partial charge is 0.213 e. The molecular formula is C22H15Br2FN2O. The van der Waals surface area contributed by atoms with Crippen LogP contribution >= 0.6 is 31.9 Å². The fourth-order valence-corrected chi connectivity index (χ4v) is 5.12. The summed E-state index contributed by atoms with van der Waals surface area (Å²) in [5.41, 5.74) is 4.06. The highest BCUT2D eigenvalue weighted by atomic mass is 79.9. The van der Waals surface area contributed by atoms with Crippen molar-refractivity contribution < 1.29 is 9.13 Å². The van der Waals surface area contributed by atoms with Gasteiger partial charge in [-0.25, -0.2) is 9.40 Å². The molecule has 0 fully saturated rings. The van der Waals surface area contributed by atoms with E-state index in [4.69, 9.17) is 9.84 Å². The number of hydrazone groups is 1. The Balaban J connectivity index is 1.63. The number of hydrogen-bond donors (Lipinski definition) is 0. The van der Waals surface area contributed by atoms with Crippen LogP contribution in [0.5, 0.6) is 5.75 Å². The van der Waals surface area contributed by atoms with Crippen molar-refractivity contribution in [3.63, 3.8) is 0 Å². The van der Waals surface area contributed by atoms with Gasteiger partial charge in [-0.1, -0.05) is 58.4 Å². The first-order valence-corrected chi connectivity index (χ1v) is 10.5. The van der Waals surface area contributed by atoms with E-state index >= 15 is 0 Å². The molecule has 0 amide bonds. The molecule has 0 spiro atoms. The second kappa shape index (κ2) is 7.01. The topological polar surface area (TPSA) is 24.8 Å². The first-order chi connectivity index (χ1) is 13.6. The van der Waals surface area contributed by atoms with Crippen LogP contribution in [0.4, 0.5) is 4.39 Å². The number of rotatable bonds is 2. The van der Waals surface area contributed by atoms with Crippen molar-refractivity contribution in [3.05, 3.63) is 98.2 Å². The molecule has 0 aliphatic carbocycles. The number of fused-ring (bicyclic) bond motifs is 3. The number of ether oxygens (including phenoxy) is 1. The van der Waals surface area contributed by atoms with Gasteiger partial charge in [0.25, 0.3) is 0 Å². The minimum Gasteiger partial charge on any atom is -0.463 e. The zero-order valence-electron chi connectivity index (χ0n) is 14.6. The Labute approximate surface area is 179 Å². The molecule has 6 heteroatoms. The quantitative estimate of drug-likeness (QED) is 0.395. The maximum Gasteiger partial charge on any atom is 0.213 e. The third kappa shape index (κ3) is 3.05. The van der Waals surface area contributed by atoms with Gasteiger partial charge in [0.15, 0.2) is 0 Å². The van der Waals surface area contributed by atoms with Gasteiger partial charge < -0.3 is 4.74 Å². The lowest BCUT2D eigenvalue weighted by atomic mass is 9.96.